The number of amides is 1. The first kappa shape index (κ1) is 12.5. The first-order valence-electron chi connectivity index (χ1n) is 5.54. The molecule has 1 heterocycles. The van der Waals surface area contributed by atoms with E-state index in [0.29, 0.717) is 6.61 Å². The van der Waals surface area contributed by atoms with Crippen LogP contribution in [0.2, 0.25) is 0 Å². The molecule has 1 rings (SSSR count). The number of hydrogen-bond acceptors (Lipinski definition) is 3. The smallest absolute Gasteiger partial charge is 0.242 e. The molecule has 88 valence electrons. The molecule has 0 spiro atoms. The van der Waals surface area contributed by atoms with Gasteiger partial charge in [0.1, 0.15) is 0 Å². The number of nitrogens with zero attached hydrogens (tertiary/aromatic N) is 1. The molecule has 4 nitrogen and oxygen atoms in total. The quantitative estimate of drug-likeness (QED) is 0.698. The molecular weight excluding hydrogens is 192 g/mol. The summed E-state index contributed by atoms with van der Waals surface area (Å²) >= 11 is 0. The Bertz CT molecular complexity index is 229. The summed E-state index contributed by atoms with van der Waals surface area (Å²) in [5, 5.41) is 3.26. The Hall–Kier alpha value is -0.610. The summed E-state index contributed by atoms with van der Waals surface area (Å²) in [4.78, 5) is 14.0. The lowest BCUT2D eigenvalue weighted by atomic mass is 9.98. The van der Waals surface area contributed by atoms with Gasteiger partial charge in [-0.3, -0.25) is 4.79 Å². The van der Waals surface area contributed by atoms with E-state index in [1.165, 1.54) is 0 Å². The van der Waals surface area contributed by atoms with Crippen molar-refractivity contribution in [1.29, 1.82) is 0 Å². The number of nitrogens with one attached hydrogen (secondary N) is 1. The lowest BCUT2D eigenvalue weighted by Gasteiger charge is -2.42. The Morgan fingerprint density at radius 1 is 1.60 bits per heavy atom. The third-order valence-corrected chi connectivity index (χ3v) is 2.91. The van der Waals surface area contributed by atoms with Gasteiger partial charge in [-0.15, -0.1) is 0 Å². The van der Waals surface area contributed by atoms with Crippen molar-refractivity contribution in [3.05, 3.63) is 0 Å². The number of hydrogen-bond donors (Lipinski definition) is 1. The summed E-state index contributed by atoms with van der Waals surface area (Å²) in [6.07, 6.45) is 0.905. The largest absolute Gasteiger partial charge is 0.385 e. The van der Waals surface area contributed by atoms with Crippen LogP contribution in [0.4, 0.5) is 0 Å². The van der Waals surface area contributed by atoms with Gasteiger partial charge >= 0.3 is 0 Å². The monoisotopic (exact) mass is 214 g/mol. The SMILES string of the molecule is COCCCN1C(=O)C(C)(C)NCC1C. The first-order chi connectivity index (χ1) is 6.99. The molecule has 0 aromatic carbocycles. The van der Waals surface area contributed by atoms with Gasteiger partial charge in [-0.2, -0.15) is 0 Å². The van der Waals surface area contributed by atoms with Crippen LogP contribution in [0.25, 0.3) is 0 Å². The summed E-state index contributed by atoms with van der Waals surface area (Å²) in [5.41, 5.74) is -0.417. The second-order valence-electron chi connectivity index (χ2n) is 4.70. The van der Waals surface area contributed by atoms with E-state index in [-0.39, 0.29) is 11.9 Å². The van der Waals surface area contributed by atoms with Gasteiger partial charge in [0.25, 0.3) is 0 Å². The van der Waals surface area contributed by atoms with Crippen LogP contribution >= 0.6 is 0 Å². The van der Waals surface area contributed by atoms with E-state index < -0.39 is 5.54 Å². The standard InChI is InChI=1S/C11H22N2O2/c1-9-8-12-11(2,3)10(14)13(9)6-5-7-15-4/h9,12H,5-8H2,1-4H3. The van der Waals surface area contributed by atoms with Crippen LogP contribution < -0.4 is 5.32 Å². The molecule has 0 aromatic rings. The van der Waals surface area contributed by atoms with Crippen molar-refractivity contribution in [3.63, 3.8) is 0 Å². The minimum Gasteiger partial charge on any atom is -0.385 e. The average Bonchev–Trinajstić information content (AvgIpc) is 2.18. The Morgan fingerprint density at radius 3 is 2.87 bits per heavy atom. The zero-order chi connectivity index (χ0) is 11.5. The molecule has 1 amide bonds. The summed E-state index contributed by atoms with van der Waals surface area (Å²) in [6.45, 7) is 8.32. The van der Waals surface area contributed by atoms with E-state index in [1.807, 2.05) is 18.7 Å². The maximum Gasteiger partial charge on any atom is 0.242 e. The van der Waals surface area contributed by atoms with Gasteiger partial charge in [-0.05, 0) is 27.2 Å². The molecule has 0 radical (unpaired) electrons. The van der Waals surface area contributed by atoms with E-state index in [2.05, 4.69) is 12.2 Å². The van der Waals surface area contributed by atoms with Gasteiger partial charge < -0.3 is 15.0 Å². The Kier molecular flexibility index (Phi) is 4.11. The molecule has 15 heavy (non-hydrogen) atoms. The molecule has 1 aliphatic rings. The molecule has 1 saturated heterocycles. The molecule has 1 unspecified atom stereocenters. The van der Waals surface area contributed by atoms with Crippen molar-refractivity contribution in [2.75, 3.05) is 26.8 Å². The fourth-order valence-electron chi connectivity index (χ4n) is 1.85. The topological polar surface area (TPSA) is 41.6 Å². The normalized spacial score (nSPS) is 25.7. The van der Waals surface area contributed by atoms with Gasteiger partial charge in [-0.25, -0.2) is 0 Å². The minimum atomic E-state index is -0.417. The van der Waals surface area contributed by atoms with Crippen LogP contribution in [0.15, 0.2) is 0 Å². The van der Waals surface area contributed by atoms with Gasteiger partial charge in [0.05, 0.1) is 5.54 Å². The molecule has 0 bridgehead atoms. The third-order valence-electron chi connectivity index (χ3n) is 2.91. The van der Waals surface area contributed by atoms with Crippen LogP contribution in [-0.4, -0.2) is 49.2 Å². The maximum atomic E-state index is 12.1. The van der Waals surface area contributed by atoms with Gasteiger partial charge in [0.15, 0.2) is 0 Å². The number of rotatable bonds is 4. The second kappa shape index (κ2) is 4.94. The summed E-state index contributed by atoms with van der Waals surface area (Å²) in [7, 11) is 1.69. The number of carbonyl (C=O) groups is 1. The molecule has 0 aromatic heterocycles. The molecule has 1 atom stereocenters. The number of ether oxygens (including phenoxy) is 1. The van der Waals surface area contributed by atoms with Crippen molar-refractivity contribution in [1.82, 2.24) is 10.2 Å². The van der Waals surface area contributed by atoms with Crippen LogP contribution in [0.3, 0.4) is 0 Å². The van der Waals surface area contributed by atoms with E-state index in [1.54, 1.807) is 7.11 Å². The third kappa shape index (κ3) is 2.92. The highest BCUT2D eigenvalue weighted by Gasteiger charge is 2.38. The summed E-state index contributed by atoms with van der Waals surface area (Å²) in [6, 6.07) is 0.280. The fourth-order valence-corrected chi connectivity index (χ4v) is 1.85. The van der Waals surface area contributed by atoms with Crippen molar-refractivity contribution < 1.29 is 9.53 Å². The predicted octanol–water partition coefficient (Wildman–Crippen LogP) is 0.622. The Balaban J connectivity index is 2.55. The average molecular weight is 214 g/mol. The predicted molar refractivity (Wildman–Crippen MR) is 59.7 cm³/mol. The van der Waals surface area contributed by atoms with Crippen LogP contribution in [0.5, 0.6) is 0 Å². The van der Waals surface area contributed by atoms with Crippen molar-refractivity contribution in [3.8, 4) is 0 Å². The van der Waals surface area contributed by atoms with E-state index in [9.17, 15) is 4.79 Å². The second-order valence-corrected chi connectivity index (χ2v) is 4.70. The van der Waals surface area contributed by atoms with Gasteiger partial charge in [-0.1, -0.05) is 0 Å². The first-order valence-corrected chi connectivity index (χ1v) is 5.54. The Morgan fingerprint density at radius 2 is 2.27 bits per heavy atom. The molecule has 0 saturated carbocycles. The number of carbonyl (C=O) groups excluding carboxylic acids is 1. The van der Waals surface area contributed by atoms with Crippen molar-refractivity contribution >= 4 is 5.91 Å². The van der Waals surface area contributed by atoms with E-state index in [0.717, 1.165) is 19.5 Å². The highest BCUT2D eigenvalue weighted by Crippen LogP contribution is 2.16. The van der Waals surface area contributed by atoms with E-state index >= 15 is 0 Å². The number of piperazine rings is 1. The van der Waals surface area contributed by atoms with Crippen LogP contribution in [-0.2, 0) is 9.53 Å². The molecule has 1 fully saturated rings. The zero-order valence-corrected chi connectivity index (χ0v) is 10.2. The Labute approximate surface area is 92.0 Å². The van der Waals surface area contributed by atoms with Crippen LogP contribution in [0, 0.1) is 0 Å². The van der Waals surface area contributed by atoms with Crippen LogP contribution in [0.1, 0.15) is 27.2 Å². The lowest BCUT2D eigenvalue weighted by molar-refractivity contribution is -0.142. The number of methoxy groups -OCH3 is 1. The zero-order valence-electron chi connectivity index (χ0n) is 10.2. The molecule has 1 N–H and O–H groups in total. The van der Waals surface area contributed by atoms with E-state index in [4.69, 9.17) is 4.74 Å². The van der Waals surface area contributed by atoms with Gasteiger partial charge in [0.2, 0.25) is 5.91 Å². The highest BCUT2D eigenvalue weighted by molar-refractivity contribution is 5.86. The summed E-state index contributed by atoms with van der Waals surface area (Å²) in [5.74, 6) is 0.192. The summed E-state index contributed by atoms with van der Waals surface area (Å²) < 4.78 is 5.00. The lowest BCUT2D eigenvalue weighted by Crippen LogP contribution is -2.64. The fraction of sp³-hybridized carbons (Fsp3) is 0.909. The molecule has 0 aliphatic carbocycles. The molecule has 1 aliphatic heterocycles. The highest BCUT2D eigenvalue weighted by atomic mass is 16.5. The maximum absolute atomic E-state index is 12.1. The minimum absolute atomic E-state index is 0.192. The molecule has 4 heteroatoms. The van der Waals surface area contributed by atoms with Gasteiger partial charge in [0, 0.05) is 32.8 Å². The molecular formula is C11H22N2O2. The van der Waals surface area contributed by atoms with Crippen molar-refractivity contribution in [2.45, 2.75) is 38.8 Å². The van der Waals surface area contributed by atoms with Crippen molar-refractivity contribution in [2.24, 2.45) is 0 Å².